The Morgan fingerprint density at radius 2 is 2.05 bits per heavy atom. The van der Waals surface area contributed by atoms with Crippen molar-refractivity contribution in [3.63, 3.8) is 0 Å². The van der Waals surface area contributed by atoms with Crippen LogP contribution in [0.15, 0.2) is 29.6 Å². The predicted octanol–water partition coefficient (Wildman–Crippen LogP) is 1.80. The van der Waals surface area contributed by atoms with Gasteiger partial charge in [0.2, 0.25) is 0 Å². The van der Waals surface area contributed by atoms with E-state index in [0.29, 0.717) is 6.54 Å². The van der Waals surface area contributed by atoms with E-state index in [4.69, 9.17) is 5.73 Å². The van der Waals surface area contributed by atoms with E-state index in [9.17, 15) is 4.79 Å². The van der Waals surface area contributed by atoms with Gasteiger partial charge < -0.3 is 5.73 Å². The molecular formula is C14H20N4O. The Balaban J connectivity index is 2.26. The Morgan fingerprint density at radius 3 is 2.63 bits per heavy atom. The predicted molar refractivity (Wildman–Crippen MR) is 75.8 cm³/mol. The number of amides is 1. The number of hydrazone groups is 1. The number of carbonyl (C=O) groups excluding carboxylic acids is 1. The maximum absolute atomic E-state index is 12.5. The molecular weight excluding hydrogens is 240 g/mol. The molecule has 0 aliphatic carbocycles. The second-order valence-electron chi connectivity index (χ2n) is 5.02. The van der Waals surface area contributed by atoms with Crippen LogP contribution in [0.3, 0.4) is 0 Å². The normalized spacial score (nSPS) is 19.2. The molecule has 1 aromatic rings. The van der Waals surface area contributed by atoms with E-state index in [1.54, 1.807) is 24.5 Å². The van der Waals surface area contributed by atoms with Gasteiger partial charge in [0.25, 0.3) is 5.91 Å². The van der Waals surface area contributed by atoms with Crippen LogP contribution in [0.5, 0.6) is 0 Å². The van der Waals surface area contributed by atoms with E-state index in [0.717, 1.165) is 24.2 Å². The third-order valence-electron chi connectivity index (χ3n) is 3.28. The van der Waals surface area contributed by atoms with Gasteiger partial charge in [-0.2, -0.15) is 5.10 Å². The van der Waals surface area contributed by atoms with Gasteiger partial charge in [0, 0.05) is 12.4 Å². The Hall–Kier alpha value is -1.75. The number of carbonyl (C=O) groups is 1. The quantitative estimate of drug-likeness (QED) is 0.877. The summed E-state index contributed by atoms with van der Waals surface area (Å²) >= 11 is 0. The highest BCUT2D eigenvalue weighted by Gasteiger charge is 2.37. The molecule has 5 heteroatoms. The summed E-state index contributed by atoms with van der Waals surface area (Å²) in [5.74, 6) is 0.179. The molecule has 1 aromatic heterocycles. The largest absolute Gasteiger partial charge is 0.330 e. The Bertz CT molecular complexity index is 470. The maximum Gasteiger partial charge on any atom is 0.256 e. The molecule has 5 nitrogen and oxygen atoms in total. The summed E-state index contributed by atoms with van der Waals surface area (Å²) in [6, 6.07) is 3.59. The molecule has 0 spiro atoms. The highest BCUT2D eigenvalue weighted by molar-refractivity contribution is 6.16. The highest BCUT2D eigenvalue weighted by Crippen LogP contribution is 2.28. The van der Waals surface area contributed by atoms with E-state index in [1.165, 1.54) is 5.01 Å². The van der Waals surface area contributed by atoms with Crippen molar-refractivity contribution >= 4 is 17.3 Å². The number of nitrogens with zero attached hydrogens (tertiary/aromatic N) is 3. The van der Waals surface area contributed by atoms with Crippen LogP contribution >= 0.6 is 0 Å². The van der Waals surface area contributed by atoms with Crippen molar-refractivity contribution in [1.29, 1.82) is 0 Å². The molecule has 1 unspecified atom stereocenters. The number of hydrogen-bond donors (Lipinski definition) is 1. The number of anilines is 1. The molecule has 0 bridgehead atoms. The Kier molecular flexibility index (Phi) is 4.27. The molecule has 2 heterocycles. The molecule has 2 rings (SSSR count). The van der Waals surface area contributed by atoms with Crippen molar-refractivity contribution < 1.29 is 4.79 Å². The molecule has 0 aromatic carbocycles. The van der Waals surface area contributed by atoms with Crippen LogP contribution in [0.2, 0.25) is 0 Å². The molecule has 0 saturated heterocycles. The summed E-state index contributed by atoms with van der Waals surface area (Å²) in [6.07, 6.45) is 4.95. The summed E-state index contributed by atoms with van der Waals surface area (Å²) in [5.41, 5.74) is 7.27. The lowest BCUT2D eigenvalue weighted by atomic mass is 9.90. The fraction of sp³-hybridized carbons (Fsp3) is 0.500. The minimum absolute atomic E-state index is 0.0448. The lowest BCUT2D eigenvalue weighted by Crippen LogP contribution is -2.29. The molecule has 1 atom stereocenters. The topological polar surface area (TPSA) is 71.6 Å². The zero-order valence-corrected chi connectivity index (χ0v) is 11.4. The third kappa shape index (κ3) is 2.81. The molecule has 0 radical (unpaired) electrons. The molecule has 19 heavy (non-hydrogen) atoms. The van der Waals surface area contributed by atoms with Gasteiger partial charge in [-0.3, -0.25) is 9.78 Å². The number of aromatic nitrogens is 1. The second kappa shape index (κ2) is 5.93. The molecule has 0 fully saturated rings. The molecule has 2 N–H and O–H groups in total. The van der Waals surface area contributed by atoms with Crippen LogP contribution in [0.1, 0.15) is 26.7 Å². The summed E-state index contributed by atoms with van der Waals surface area (Å²) < 4.78 is 0. The molecule has 1 amide bonds. The van der Waals surface area contributed by atoms with Crippen LogP contribution in [0.25, 0.3) is 0 Å². The van der Waals surface area contributed by atoms with E-state index in [1.807, 2.05) is 0 Å². The molecule has 102 valence electrons. The zero-order valence-electron chi connectivity index (χ0n) is 11.4. The summed E-state index contributed by atoms with van der Waals surface area (Å²) in [6.45, 7) is 4.74. The van der Waals surface area contributed by atoms with Gasteiger partial charge in [-0.05, 0) is 37.4 Å². The molecule has 1 aliphatic rings. The van der Waals surface area contributed by atoms with Crippen molar-refractivity contribution in [2.75, 3.05) is 11.6 Å². The van der Waals surface area contributed by atoms with E-state index >= 15 is 0 Å². The fourth-order valence-electron chi connectivity index (χ4n) is 2.29. The average Bonchev–Trinajstić information content (AvgIpc) is 2.75. The lowest BCUT2D eigenvalue weighted by molar-refractivity contribution is -0.119. The van der Waals surface area contributed by atoms with Crippen molar-refractivity contribution in [2.24, 2.45) is 22.7 Å². The first-order valence-electron chi connectivity index (χ1n) is 6.67. The average molecular weight is 260 g/mol. The number of rotatable bonds is 5. The van der Waals surface area contributed by atoms with Gasteiger partial charge >= 0.3 is 0 Å². The van der Waals surface area contributed by atoms with Gasteiger partial charge in [-0.25, -0.2) is 5.01 Å². The lowest BCUT2D eigenvalue weighted by Gasteiger charge is -2.14. The first-order valence-corrected chi connectivity index (χ1v) is 6.67. The number of pyridine rings is 1. The van der Waals surface area contributed by atoms with Crippen molar-refractivity contribution in [3.8, 4) is 0 Å². The van der Waals surface area contributed by atoms with Gasteiger partial charge in [0.05, 0.1) is 17.3 Å². The van der Waals surface area contributed by atoms with E-state index in [-0.39, 0.29) is 17.7 Å². The van der Waals surface area contributed by atoms with E-state index < -0.39 is 0 Å². The Morgan fingerprint density at radius 1 is 1.37 bits per heavy atom. The van der Waals surface area contributed by atoms with Gasteiger partial charge in [0.15, 0.2) is 0 Å². The summed E-state index contributed by atoms with van der Waals surface area (Å²) in [4.78, 5) is 16.4. The Labute approximate surface area is 113 Å². The molecule has 1 aliphatic heterocycles. The zero-order chi connectivity index (χ0) is 13.8. The summed E-state index contributed by atoms with van der Waals surface area (Å²) in [5, 5.41) is 6.00. The van der Waals surface area contributed by atoms with Crippen LogP contribution in [0, 0.1) is 11.8 Å². The minimum atomic E-state index is -0.128. The monoisotopic (exact) mass is 260 g/mol. The first-order chi connectivity index (χ1) is 9.15. The standard InChI is InChI=1S/C14H20N4O/c1-10(2)13-12(4-3-7-15)14(19)18(17-13)11-5-8-16-9-6-11/h5-6,8-10,12H,3-4,7,15H2,1-2H3. The van der Waals surface area contributed by atoms with Crippen LogP contribution in [-0.4, -0.2) is 23.1 Å². The third-order valence-corrected chi connectivity index (χ3v) is 3.28. The fourth-order valence-corrected chi connectivity index (χ4v) is 2.29. The number of nitrogens with two attached hydrogens (primary N) is 1. The van der Waals surface area contributed by atoms with Gasteiger partial charge in [0.1, 0.15) is 0 Å². The van der Waals surface area contributed by atoms with Gasteiger partial charge in [-0.1, -0.05) is 13.8 Å². The molecule has 0 saturated carbocycles. The SMILES string of the molecule is CC(C)C1=NN(c2ccncc2)C(=O)C1CCCN. The van der Waals surface area contributed by atoms with Crippen LogP contribution in [-0.2, 0) is 4.79 Å². The maximum atomic E-state index is 12.5. The van der Waals surface area contributed by atoms with E-state index in [2.05, 4.69) is 23.9 Å². The van der Waals surface area contributed by atoms with Crippen LogP contribution in [0.4, 0.5) is 5.69 Å². The minimum Gasteiger partial charge on any atom is -0.330 e. The van der Waals surface area contributed by atoms with Gasteiger partial charge in [-0.15, -0.1) is 0 Å². The highest BCUT2D eigenvalue weighted by atomic mass is 16.2. The van der Waals surface area contributed by atoms with Crippen molar-refractivity contribution in [3.05, 3.63) is 24.5 Å². The van der Waals surface area contributed by atoms with Crippen molar-refractivity contribution in [1.82, 2.24) is 4.98 Å². The summed E-state index contributed by atoms with van der Waals surface area (Å²) in [7, 11) is 0. The number of hydrogen-bond acceptors (Lipinski definition) is 4. The first kappa shape index (κ1) is 13.7. The van der Waals surface area contributed by atoms with Crippen LogP contribution < -0.4 is 10.7 Å². The second-order valence-corrected chi connectivity index (χ2v) is 5.02. The van der Waals surface area contributed by atoms with Crippen molar-refractivity contribution in [2.45, 2.75) is 26.7 Å². The smallest absolute Gasteiger partial charge is 0.256 e.